The fourth-order valence-corrected chi connectivity index (χ4v) is 2.25. The standard InChI is InChI=1S/C13H19FN2.ClH/c1-16(10-11-6-8-15-9-7-11)13-4-2-12(14)3-5-13;/h2-5,11,15H,6-10H2,1H3;1H. The predicted molar refractivity (Wildman–Crippen MR) is 72.5 cm³/mol. The minimum absolute atomic E-state index is 0. The second-order valence-electron chi connectivity index (χ2n) is 4.55. The number of nitrogens with one attached hydrogen (secondary N) is 1. The minimum Gasteiger partial charge on any atom is -0.374 e. The van der Waals surface area contributed by atoms with Crippen LogP contribution in [0.3, 0.4) is 0 Å². The predicted octanol–water partition coefficient (Wildman–Crippen LogP) is 2.68. The van der Waals surface area contributed by atoms with E-state index in [-0.39, 0.29) is 18.2 Å². The summed E-state index contributed by atoms with van der Waals surface area (Å²) < 4.78 is 12.8. The normalized spacial score (nSPS) is 16.4. The van der Waals surface area contributed by atoms with Crippen LogP contribution >= 0.6 is 12.4 Å². The van der Waals surface area contributed by atoms with Gasteiger partial charge in [-0.05, 0) is 56.1 Å². The Morgan fingerprint density at radius 1 is 1.24 bits per heavy atom. The minimum atomic E-state index is -0.168. The van der Waals surface area contributed by atoms with Crippen molar-refractivity contribution in [2.24, 2.45) is 5.92 Å². The van der Waals surface area contributed by atoms with Gasteiger partial charge in [0.2, 0.25) is 0 Å². The van der Waals surface area contributed by atoms with Crippen molar-refractivity contribution in [3.63, 3.8) is 0 Å². The maximum atomic E-state index is 12.8. The number of halogens is 2. The van der Waals surface area contributed by atoms with Crippen molar-refractivity contribution in [3.05, 3.63) is 30.1 Å². The van der Waals surface area contributed by atoms with Crippen LogP contribution in [0.2, 0.25) is 0 Å². The Balaban J connectivity index is 0.00000144. The van der Waals surface area contributed by atoms with Gasteiger partial charge < -0.3 is 10.2 Å². The Morgan fingerprint density at radius 3 is 2.41 bits per heavy atom. The van der Waals surface area contributed by atoms with Crippen LogP contribution in [0.15, 0.2) is 24.3 Å². The van der Waals surface area contributed by atoms with E-state index in [2.05, 4.69) is 17.3 Å². The lowest BCUT2D eigenvalue weighted by molar-refractivity contribution is 0.378. The molecule has 1 fully saturated rings. The van der Waals surface area contributed by atoms with Gasteiger partial charge in [-0.25, -0.2) is 4.39 Å². The maximum Gasteiger partial charge on any atom is 0.123 e. The van der Waals surface area contributed by atoms with Crippen molar-refractivity contribution in [2.75, 3.05) is 31.6 Å². The molecule has 1 aromatic rings. The van der Waals surface area contributed by atoms with E-state index in [1.807, 2.05) is 12.1 Å². The van der Waals surface area contributed by atoms with Crippen molar-refractivity contribution in [2.45, 2.75) is 12.8 Å². The molecular weight excluding hydrogens is 239 g/mol. The lowest BCUT2D eigenvalue weighted by Crippen LogP contribution is -2.34. The summed E-state index contributed by atoms with van der Waals surface area (Å²) in [4.78, 5) is 2.22. The highest BCUT2D eigenvalue weighted by Crippen LogP contribution is 2.18. The first-order chi connectivity index (χ1) is 7.75. The highest BCUT2D eigenvalue weighted by molar-refractivity contribution is 5.85. The molecule has 0 unspecified atom stereocenters. The molecule has 1 aliphatic heterocycles. The molecule has 17 heavy (non-hydrogen) atoms. The first-order valence-corrected chi connectivity index (χ1v) is 5.93. The van der Waals surface area contributed by atoms with Crippen LogP contribution in [0.4, 0.5) is 10.1 Å². The van der Waals surface area contributed by atoms with E-state index in [0.29, 0.717) is 0 Å². The fraction of sp³-hybridized carbons (Fsp3) is 0.538. The van der Waals surface area contributed by atoms with Crippen LogP contribution in [0.1, 0.15) is 12.8 Å². The average molecular weight is 259 g/mol. The van der Waals surface area contributed by atoms with Crippen LogP contribution in [0.25, 0.3) is 0 Å². The monoisotopic (exact) mass is 258 g/mol. The highest BCUT2D eigenvalue weighted by atomic mass is 35.5. The van der Waals surface area contributed by atoms with Crippen molar-refractivity contribution >= 4 is 18.1 Å². The molecule has 0 spiro atoms. The van der Waals surface area contributed by atoms with Gasteiger partial charge in [-0.1, -0.05) is 0 Å². The molecule has 0 amide bonds. The van der Waals surface area contributed by atoms with Gasteiger partial charge in [0.05, 0.1) is 0 Å². The Kier molecular flexibility index (Phi) is 5.72. The molecule has 0 radical (unpaired) electrons. The Morgan fingerprint density at radius 2 is 1.82 bits per heavy atom. The average Bonchev–Trinajstić information content (AvgIpc) is 2.31. The maximum absolute atomic E-state index is 12.8. The molecule has 1 aliphatic rings. The summed E-state index contributed by atoms with van der Waals surface area (Å²) in [5.74, 6) is 0.593. The van der Waals surface area contributed by atoms with Gasteiger partial charge in [-0.15, -0.1) is 12.4 Å². The molecule has 0 aromatic heterocycles. The molecule has 0 aliphatic carbocycles. The van der Waals surface area contributed by atoms with E-state index < -0.39 is 0 Å². The summed E-state index contributed by atoms with van der Waals surface area (Å²) in [5.41, 5.74) is 1.10. The molecular formula is C13H20ClFN2. The zero-order valence-electron chi connectivity index (χ0n) is 10.2. The topological polar surface area (TPSA) is 15.3 Å². The second-order valence-corrected chi connectivity index (χ2v) is 4.55. The summed E-state index contributed by atoms with van der Waals surface area (Å²) in [5, 5.41) is 3.37. The molecule has 0 bridgehead atoms. The first kappa shape index (κ1) is 14.3. The third-order valence-corrected chi connectivity index (χ3v) is 3.26. The quantitative estimate of drug-likeness (QED) is 0.897. The number of piperidine rings is 1. The molecule has 2 nitrogen and oxygen atoms in total. The SMILES string of the molecule is CN(CC1CCNCC1)c1ccc(F)cc1.Cl. The lowest BCUT2D eigenvalue weighted by Gasteiger charge is -2.28. The first-order valence-electron chi connectivity index (χ1n) is 5.93. The molecule has 2 rings (SSSR count). The van der Waals surface area contributed by atoms with Crippen molar-refractivity contribution < 1.29 is 4.39 Å². The largest absolute Gasteiger partial charge is 0.374 e. The molecule has 1 N–H and O–H groups in total. The lowest BCUT2D eigenvalue weighted by atomic mass is 9.97. The summed E-state index contributed by atoms with van der Waals surface area (Å²) in [6.07, 6.45) is 2.48. The van der Waals surface area contributed by atoms with E-state index in [1.54, 1.807) is 0 Å². The van der Waals surface area contributed by atoms with Crippen LogP contribution in [0, 0.1) is 11.7 Å². The van der Waals surface area contributed by atoms with Gasteiger partial charge in [-0.3, -0.25) is 0 Å². The smallest absolute Gasteiger partial charge is 0.123 e. The van der Waals surface area contributed by atoms with Gasteiger partial charge in [0, 0.05) is 19.3 Å². The van der Waals surface area contributed by atoms with Crippen LogP contribution < -0.4 is 10.2 Å². The zero-order valence-corrected chi connectivity index (χ0v) is 11.0. The van der Waals surface area contributed by atoms with Crippen LogP contribution in [-0.2, 0) is 0 Å². The van der Waals surface area contributed by atoms with Crippen molar-refractivity contribution in [1.29, 1.82) is 0 Å². The van der Waals surface area contributed by atoms with Gasteiger partial charge >= 0.3 is 0 Å². The number of nitrogens with zero attached hydrogens (tertiary/aromatic N) is 1. The Hall–Kier alpha value is -0.800. The van der Waals surface area contributed by atoms with Crippen molar-refractivity contribution in [1.82, 2.24) is 5.32 Å². The number of hydrogen-bond donors (Lipinski definition) is 1. The Bertz CT molecular complexity index is 323. The number of hydrogen-bond acceptors (Lipinski definition) is 2. The third-order valence-electron chi connectivity index (χ3n) is 3.26. The third kappa shape index (κ3) is 4.17. The molecule has 0 saturated carbocycles. The molecule has 1 heterocycles. The summed E-state index contributed by atoms with van der Waals surface area (Å²) in [7, 11) is 2.08. The van der Waals surface area contributed by atoms with E-state index in [1.165, 1.54) is 25.0 Å². The molecule has 0 atom stereocenters. The van der Waals surface area contributed by atoms with Gasteiger partial charge in [0.15, 0.2) is 0 Å². The zero-order chi connectivity index (χ0) is 11.4. The van der Waals surface area contributed by atoms with Crippen molar-refractivity contribution in [3.8, 4) is 0 Å². The van der Waals surface area contributed by atoms with E-state index in [0.717, 1.165) is 31.2 Å². The molecule has 96 valence electrons. The summed E-state index contributed by atoms with van der Waals surface area (Å²) >= 11 is 0. The number of rotatable bonds is 3. The molecule has 1 aromatic carbocycles. The fourth-order valence-electron chi connectivity index (χ4n) is 2.25. The van der Waals surface area contributed by atoms with Gasteiger partial charge in [0.1, 0.15) is 5.82 Å². The number of benzene rings is 1. The highest BCUT2D eigenvalue weighted by Gasteiger charge is 2.15. The molecule has 1 saturated heterocycles. The summed E-state index contributed by atoms with van der Waals surface area (Å²) in [6.45, 7) is 3.32. The van der Waals surface area contributed by atoms with Gasteiger partial charge in [0.25, 0.3) is 0 Å². The Labute approximate surface area is 109 Å². The van der Waals surface area contributed by atoms with Crippen LogP contribution in [0.5, 0.6) is 0 Å². The molecule has 4 heteroatoms. The van der Waals surface area contributed by atoms with Crippen LogP contribution in [-0.4, -0.2) is 26.7 Å². The van der Waals surface area contributed by atoms with Gasteiger partial charge in [-0.2, -0.15) is 0 Å². The van der Waals surface area contributed by atoms with E-state index >= 15 is 0 Å². The van der Waals surface area contributed by atoms with E-state index in [4.69, 9.17) is 0 Å². The van der Waals surface area contributed by atoms with E-state index in [9.17, 15) is 4.39 Å². The second kappa shape index (κ2) is 6.82. The number of anilines is 1. The summed E-state index contributed by atoms with van der Waals surface area (Å²) in [6, 6.07) is 6.73.